The van der Waals surface area contributed by atoms with Crippen LogP contribution < -0.4 is 19.1 Å². The zero-order valence-electron chi connectivity index (χ0n) is 20.4. The van der Waals surface area contributed by atoms with Gasteiger partial charge in [-0.25, -0.2) is 8.42 Å². The molecular formula is C26H29ClN2O5S2. The molecule has 0 aromatic heterocycles. The van der Waals surface area contributed by atoms with Crippen LogP contribution in [0.5, 0.6) is 11.5 Å². The van der Waals surface area contributed by atoms with Gasteiger partial charge in [-0.3, -0.25) is 9.10 Å². The Hall–Kier alpha value is -2.88. The summed E-state index contributed by atoms with van der Waals surface area (Å²) in [7, 11) is -1.16. The SMILES string of the molecule is COc1ccc(OC)c(N(CC(=O)NCCSCc2ccccc2Cl)S(=O)(=O)c2ccc(C)cc2)c1. The summed E-state index contributed by atoms with van der Waals surface area (Å²) in [6.45, 7) is 1.83. The number of rotatable bonds is 12. The number of sulfonamides is 1. The summed E-state index contributed by atoms with van der Waals surface area (Å²) in [5.41, 5.74) is 2.16. The smallest absolute Gasteiger partial charge is 0.264 e. The van der Waals surface area contributed by atoms with Crippen LogP contribution in [0, 0.1) is 6.92 Å². The molecule has 10 heteroatoms. The predicted octanol–water partition coefficient (Wildman–Crippen LogP) is 4.91. The monoisotopic (exact) mass is 548 g/mol. The van der Waals surface area contributed by atoms with Gasteiger partial charge in [0.1, 0.15) is 18.0 Å². The Morgan fingerprint density at radius 3 is 2.42 bits per heavy atom. The van der Waals surface area contributed by atoms with Crippen molar-refractivity contribution in [3.63, 3.8) is 0 Å². The number of nitrogens with one attached hydrogen (secondary N) is 1. The van der Waals surface area contributed by atoms with Crippen LogP contribution in [0.1, 0.15) is 11.1 Å². The number of halogens is 1. The molecule has 0 saturated heterocycles. The minimum Gasteiger partial charge on any atom is -0.497 e. The van der Waals surface area contributed by atoms with Crippen LogP contribution in [0.4, 0.5) is 5.69 Å². The van der Waals surface area contributed by atoms with Crippen LogP contribution in [0.25, 0.3) is 0 Å². The van der Waals surface area contributed by atoms with Crippen LogP contribution in [0.15, 0.2) is 71.6 Å². The lowest BCUT2D eigenvalue weighted by atomic mass is 10.2. The van der Waals surface area contributed by atoms with E-state index in [2.05, 4.69) is 5.32 Å². The molecule has 0 saturated carbocycles. The first-order valence-corrected chi connectivity index (χ1v) is 14.1. The van der Waals surface area contributed by atoms with Gasteiger partial charge in [-0.05, 0) is 42.8 Å². The van der Waals surface area contributed by atoms with Gasteiger partial charge in [0.05, 0.1) is 24.8 Å². The number of hydrogen-bond acceptors (Lipinski definition) is 6. The van der Waals surface area contributed by atoms with E-state index in [1.54, 1.807) is 36.0 Å². The molecule has 0 spiro atoms. The number of ether oxygens (including phenoxy) is 2. The van der Waals surface area contributed by atoms with Crippen molar-refractivity contribution in [1.29, 1.82) is 0 Å². The van der Waals surface area contributed by atoms with Crippen LogP contribution in [-0.4, -0.2) is 47.4 Å². The van der Waals surface area contributed by atoms with Crippen molar-refractivity contribution in [2.24, 2.45) is 0 Å². The van der Waals surface area contributed by atoms with E-state index in [4.69, 9.17) is 21.1 Å². The van der Waals surface area contributed by atoms with Gasteiger partial charge in [-0.2, -0.15) is 11.8 Å². The molecule has 0 fully saturated rings. The largest absolute Gasteiger partial charge is 0.497 e. The fraction of sp³-hybridized carbons (Fsp3) is 0.269. The second-order valence-corrected chi connectivity index (χ2v) is 11.2. The first kappa shape index (κ1) is 27.7. The van der Waals surface area contributed by atoms with Gasteiger partial charge in [0.15, 0.2) is 0 Å². The van der Waals surface area contributed by atoms with Crippen molar-refractivity contribution in [3.05, 3.63) is 82.9 Å². The second-order valence-electron chi connectivity index (χ2n) is 7.86. The first-order valence-electron chi connectivity index (χ1n) is 11.2. The molecule has 0 bridgehead atoms. The summed E-state index contributed by atoms with van der Waals surface area (Å²) >= 11 is 7.81. The number of nitrogens with zero attached hydrogens (tertiary/aromatic N) is 1. The fourth-order valence-corrected chi connectivity index (χ4v) is 5.94. The molecule has 3 aromatic rings. The van der Waals surface area contributed by atoms with E-state index >= 15 is 0 Å². The Morgan fingerprint density at radius 1 is 1.03 bits per heavy atom. The van der Waals surface area contributed by atoms with E-state index in [1.807, 2.05) is 31.2 Å². The topological polar surface area (TPSA) is 84.9 Å². The third-order valence-electron chi connectivity index (χ3n) is 5.33. The lowest BCUT2D eigenvalue weighted by Gasteiger charge is -2.26. The summed E-state index contributed by atoms with van der Waals surface area (Å²) in [5, 5.41) is 3.52. The number of aryl methyl sites for hydroxylation is 1. The first-order chi connectivity index (χ1) is 17.3. The number of benzene rings is 3. The Kier molecular flexibility index (Phi) is 9.92. The molecule has 0 aliphatic rings. The number of amides is 1. The Labute approximate surface area is 221 Å². The van der Waals surface area contributed by atoms with Gasteiger partial charge in [-0.1, -0.05) is 47.5 Å². The summed E-state index contributed by atoms with van der Waals surface area (Å²) in [4.78, 5) is 13.0. The Morgan fingerprint density at radius 2 is 1.75 bits per heavy atom. The lowest BCUT2D eigenvalue weighted by Crippen LogP contribution is -2.41. The highest BCUT2D eigenvalue weighted by Crippen LogP contribution is 2.35. The van der Waals surface area contributed by atoms with E-state index in [-0.39, 0.29) is 10.6 Å². The van der Waals surface area contributed by atoms with Crippen molar-refractivity contribution < 1.29 is 22.7 Å². The van der Waals surface area contributed by atoms with Crippen molar-refractivity contribution in [1.82, 2.24) is 5.32 Å². The maximum Gasteiger partial charge on any atom is 0.264 e. The standard InChI is InChI=1S/C26H29ClN2O5S2/c1-19-8-11-22(12-9-19)36(31,32)29(24-16-21(33-2)10-13-25(24)34-3)17-26(30)28-14-15-35-18-20-6-4-5-7-23(20)27/h4-13,16H,14-15,17-18H2,1-3H3,(H,28,30). The summed E-state index contributed by atoms with van der Waals surface area (Å²) in [6, 6.07) is 18.9. The molecule has 36 heavy (non-hydrogen) atoms. The van der Waals surface area contributed by atoms with Gasteiger partial charge < -0.3 is 14.8 Å². The average Bonchev–Trinajstić information content (AvgIpc) is 2.88. The molecular weight excluding hydrogens is 520 g/mol. The third kappa shape index (κ3) is 7.09. The molecule has 192 valence electrons. The molecule has 0 unspecified atom stereocenters. The highest BCUT2D eigenvalue weighted by Gasteiger charge is 2.30. The Bertz CT molecular complexity index is 1280. The maximum atomic E-state index is 13.6. The number of carbonyl (C=O) groups is 1. The number of hydrogen-bond donors (Lipinski definition) is 1. The van der Waals surface area contributed by atoms with Gasteiger partial charge in [0, 0.05) is 29.1 Å². The number of thioether (sulfide) groups is 1. The van der Waals surface area contributed by atoms with Crippen molar-refractivity contribution in [3.8, 4) is 11.5 Å². The molecule has 0 aliphatic carbocycles. The second kappa shape index (κ2) is 12.9. The third-order valence-corrected chi connectivity index (χ3v) is 8.49. The van der Waals surface area contributed by atoms with E-state index in [0.29, 0.717) is 34.6 Å². The Balaban J connectivity index is 1.76. The van der Waals surface area contributed by atoms with Crippen molar-refractivity contribution in [2.75, 3.05) is 37.4 Å². The zero-order chi connectivity index (χ0) is 26.1. The summed E-state index contributed by atoms with van der Waals surface area (Å²) in [5.74, 6) is 1.66. The van der Waals surface area contributed by atoms with Crippen molar-refractivity contribution in [2.45, 2.75) is 17.6 Å². The summed E-state index contributed by atoms with van der Waals surface area (Å²) in [6.07, 6.45) is 0. The van der Waals surface area contributed by atoms with Crippen LogP contribution in [-0.2, 0) is 20.6 Å². The predicted molar refractivity (Wildman–Crippen MR) is 146 cm³/mol. The molecule has 0 atom stereocenters. The average molecular weight is 549 g/mol. The normalized spacial score (nSPS) is 11.1. The van der Waals surface area contributed by atoms with Crippen LogP contribution >= 0.6 is 23.4 Å². The van der Waals surface area contributed by atoms with E-state index in [0.717, 1.165) is 15.4 Å². The zero-order valence-corrected chi connectivity index (χ0v) is 22.8. The molecule has 3 rings (SSSR count). The quantitative estimate of drug-likeness (QED) is 0.324. The molecule has 0 radical (unpaired) electrons. The summed E-state index contributed by atoms with van der Waals surface area (Å²) < 4.78 is 39.0. The molecule has 0 heterocycles. The maximum absolute atomic E-state index is 13.6. The number of methoxy groups -OCH3 is 2. The molecule has 1 amide bonds. The van der Waals surface area contributed by atoms with Gasteiger partial charge >= 0.3 is 0 Å². The molecule has 7 nitrogen and oxygen atoms in total. The lowest BCUT2D eigenvalue weighted by molar-refractivity contribution is -0.119. The van der Waals surface area contributed by atoms with Crippen LogP contribution in [0.2, 0.25) is 5.02 Å². The van der Waals surface area contributed by atoms with Crippen molar-refractivity contribution >= 4 is 45.0 Å². The fourth-order valence-electron chi connectivity index (χ4n) is 3.38. The number of carbonyl (C=O) groups excluding carboxylic acids is 1. The number of anilines is 1. The van der Waals surface area contributed by atoms with Gasteiger partial charge in [-0.15, -0.1) is 0 Å². The van der Waals surface area contributed by atoms with E-state index < -0.39 is 22.5 Å². The highest BCUT2D eigenvalue weighted by atomic mass is 35.5. The van der Waals surface area contributed by atoms with E-state index in [1.165, 1.54) is 32.4 Å². The molecule has 3 aromatic carbocycles. The molecule has 1 N–H and O–H groups in total. The van der Waals surface area contributed by atoms with E-state index in [9.17, 15) is 13.2 Å². The van der Waals surface area contributed by atoms with Crippen LogP contribution in [0.3, 0.4) is 0 Å². The van der Waals surface area contributed by atoms with Gasteiger partial charge in [0.2, 0.25) is 5.91 Å². The minimum absolute atomic E-state index is 0.0704. The molecule has 0 aliphatic heterocycles. The van der Waals surface area contributed by atoms with Gasteiger partial charge in [0.25, 0.3) is 10.0 Å². The highest BCUT2D eigenvalue weighted by molar-refractivity contribution is 7.98. The minimum atomic E-state index is -4.08.